The molecule has 0 radical (unpaired) electrons. The van der Waals surface area contributed by atoms with E-state index in [2.05, 4.69) is 4.90 Å². The number of fused-ring (bicyclic) bond motifs is 6. The molecule has 6 nitrogen and oxygen atoms in total. The zero-order valence-electron chi connectivity index (χ0n) is 15.6. The highest BCUT2D eigenvalue weighted by molar-refractivity contribution is 6.33. The summed E-state index contributed by atoms with van der Waals surface area (Å²) in [6, 6.07) is 7.81. The lowest BCUT2D eigenvalue weighted by molar-refractivity contribution is 0.0890. The first-order chi connectivity index (χ1) is 14.2. The van der Waals surface area contributed by atoms with Crippen LogP contribution in [0.4, 0.5) is 0 Å². The highest BCUT2D eigenvalue weighted by Crippen LogP contribution is 2.41. The van der Waals surface area contributed by atoms with Gasteiger partial charge in [-0.3, -0.25) is 4.90 Å². The monoisotopic (exact) mass is 411 g/mol. The van der Waals surface area contributed by atoms with Crippen LogP contribution in [0.25, 0.3) is 11.0 Å². The second-order valence-corrected chi connectivity index (χ2v) is 8.10. The first kappa shape index (κ1) is 17.2. The quantitative estimate of drug-likeness (QED) is 0.594. The Kier molecular flexibility index (Phi) is 3.79. The average molecular weight is 412 g/mol. The third kappa shape index (κ3) is 2.70. The van der Waals surface area contributed by atoms with Crippen molar-refractivity contribution < 1.29 is 18.6 Å². The van der Waals surface area contributed by atoms with Crippen LogP contribution < -0.4 is 19.8 Å². The number of hydrogen-bond acceptors (Lipinski definition) is 6. The Balaban J connectivity index is 1.39. The maximum atomic E-state index is 12.5. The molecule has 3 aromatic rings. The van der Waals surface area contributed by atoms with E-state index >= 15 is 0 Å². The van der Waals surface area contributed by atoms with Crippen LogP contribution in [0.3, 0.4) is 0 Å². The smallest absolute Gasteiger partial charge is 0.339 e. The Bertz CT molecular complexity index is 1220. The first-order valence-corrected chi connectivity index (χ1v) is 10.1. The minimum absolute atomic E-state index is 0.234. The van der Waals surface area contributed by atoms with Crippen LogP contribution >= 0.6 is 11.6 Å². The summed E-state index contributed by atoms with van der Waals surface area (Å²) in [7, 11) is 0. The summed E-state index contributed by atoms with van der Waals surface area (Å²) in [5.74, 6) is 2.14. The molecule has 29 heavy (non-hydrogen) atoms. The third-order valence-corrected chi connectivity index (χ3v) is 6.16. The second kappa shape index (κ2) is 6.40. The Morgan fingerprint density at radius 3 is 2.79 bits per heavy atom. The minimum atomic E-state index is -0.234. The van der Waals surface area contributed by atoms with Gasteiger partial charge in [0, 0.05) is 24.0 Å². The highest BCUT2D eigenvalue weighted by Gasteiger charge is 2.28. The molecule has 0 amide bonds. The van der Waals surface area contributed by atoms with Gasteiger partial charge in [-0.15, -0.1) is 0 Å². The summed E-state index contributed by atoms with van der Waals surface area (Å²) in [6.45, 7) is 1.91. The number of hydrogen-bond donors (Lipinski definition) is 0. The summed E-state index contributed by atoms with van der Waals surface area (Å²) < 4.78 is 22.6. The van der Waals surface area contributed by atoms with E-state index in [4.69, 9.17) is 30.2 Å². The van der Waals surface area contributed by atoms with E-state index in [9.17, 15) is 4.79 Å². The highest BCUT2D eigenvalue weighted by atomic mass is 35.5. The zero-order chi connectivity index (χ0) is 19.5. The molecule has 148 valence electrons. The van der Waals surface area contributed by atoms with Crippen molar-refractivity contribution in [3.05, 3.63) is 62.0 Å². The maximum absolute atomic E-state index is 12.5. The molecule has 0 N–H and O–H groups in total. The number of nitrogens with zero attached hydrogens (tertiary/aromatic N) is 1. The van der Waals surface area contributed by atoms with Gasteiger partial charge in [0.1, 0.15) is 18.1 Å². The van der Waals surface area contributed by atoms with E-state index in [1.165, 1.54) is 0 Å². The van der Waals surface area contributed by atoms with E-state index in [0.717, 1.165) is 58.4 Å². The molecule has 1 aliphatic carbocycles. The summed E-state index contributed by atoms with van der Waals surface area (Å²) in [5, 5.41) is 1.51. The molecule has 3 aliphatic rings. The van der Waals surface area contributed by atoms with Crippen molar-refractivity contribution in [2.45, 2.75) is 32.4 Å². The van der Waals surface area contributed by atoms with Gasteiger partial charge in [-0.1, -0.05) is 17.7 Å². The SMILES string of the molecule is O=c1oc2c3c(c(Cl)cc2c2c1CCC2)OCN(Cc1ccc2c(c1)OCO2)C3. The van der Waals surface area contributed by atoms with Gasteiger partial charge >= 0.3 is 5.63 Å². The van der Waals surface area contributed by atoms with Gasteiger partial charge in [0.25, 0.3) is 0 Å². The van der Waals surface area contributed by atoms with E-state index in [1.54, 1.807) is 0 Å². The van der Waals surface area contributed by atoms with Crippen LogP contribution in [0.5, 0.6) is 17.2 Å². The molecule has 3 heterocycles. The normalized spacial score (nSPS) is 17.3. The summed E-state index contributed by atoms with van der Waals surface area (Å²) in [4.78, 5) is 14.6. The molecule has 0 saturated carbocycles. The van der Waals surface area contributed by atoms with E-state index in [1.807, 2.05) is 24.3 Å². The van der Waals surface area contributed by atoms with Gasteiger partial charge in [0.05, 0.1) is 10.6 Å². The Hall–Kier alpha value is -2.70. The fraction of sp³-hybridized carbons (Fsp3) is 0.318. The molecule has 0 saturated heterocycles. The van der Waals surface area contributed by atoms with Crippen LogP contribution in [0.2, 0.25) is 5.02 Å². The van der Waals surface area contributed by atoms with Crippen LogP contribution in [0, 0.1) is 0 Å². The molecule has 0 atom stereocenters. The Morgan fingerprint density at radius 2 is 1.86 bits per heavy atom. The lowest BCUT2D eigenvalue weighted by Crippen LogP contribution is -2.32. The van der Waals surface area contributed by atoms with Gasteiger partial charge in [-0.2, -0.15) is 0 Å². The third-order valence-electron chi connectivity index (χ3n) is 5.88. The summed E-state index contributed by atoms with van der Waals surface area (Å²) in [5.41, 5.74) is 4.17. The van der Waals surface area contributed by atoms with Gasteiger partial charge < -0.3 is 18.6 Å². The van der Waals surface area contributed by atoms with Crippen LogP contribution in [-0.2, 0) is 25.9 Å². The molecule has 6 rings (SSSR count). The molecular formula is C22H18ClNO5. The minimum Gasteiger partial charge on any atom is -0.476 e. The molecule has 0 spiro atoms. The number of rotatable bonds is 2. The van der Waals surface area contributed by atoms with Gasteiger partial charge in [-0.25, -0.2) is 4.79 Å². The topological polar surface area (TPSA) is 61.1 Å². The fourth-order valence-electron chi connectivity index (χ4n) is 4.55. The maximum Gasteiger partial charge on any atom is 0.339 e. The average Bonchev–Trinajstić information content (AvgIpc) is 3.38. The number of halogens is 1. The molecule has 7 heteroatoms. The van der Waals surface area contributed by atoms with E-state index < -0.39 is 0 Å². The largest absolute Gasteiger partial charge is 0.476 e. The van der Waals surface area contributed by atoms with Crippen molar-refractivity contribution in [3.8, 4) is 17.2 Å². The number of benzene rings is 2. The molecule has 2 aliphatic heterocycles. The van der Waals surface area contributed by atoms with Crippen LogP contribution in [0.15, 0.2) is 33.5 Å². The van der Waals surface area contributed by atoms with Crippen LogP contribution in [-0.4, -0.2) is 18.4 Å². The molecule has 0 fully saturated rings. The van der Waals surface area contributed by atoms with Crippen molar-refractivity contribution in [1.29, 1.82) is 0 Å². The van der Waals surface area contributed by atoms with Gasteiger partial charge in [0.15, 0.2) is 11.5 Å². The van der Waals surface area contributed by atoms with Crippen molar-refractivity contribution >= 4 is 22.6 Å². The molecule has 1 aromatic heterocycles. The predicted molar refractivity (Wildman–Crippen MR) is 107 cm³/mol. The molecular weight excluding hydrogens is 394 g/mol. The predicted octanol–water partition coefficient (Wildman–Crippen LogP) is 4.02. The molecule has 0 unspecified atom stereocenters. The zero-order valence-corrected chi connectivity index (χ0v) is 16.4. The summed E-state index contributed by atoms with van der Waals surface area (Å²) in [6.07, 6.45) is 2.63. The Labute approximate surface area is 171 Å². The van der Waals surface area contributed by atoms with Gasteiger partial charge in [-0.05, 0) is 48.6 Å². The number of aryl methyl sites for hydroxylation is 1. The van der Waals surface area contributed by atoms with E-state index in [0.29, 0.717) is 36.2 Å². The first-order valence-electron chi connectivity index (χ1n) is 9.71. The van der Waals surface area contributed by atoms with Crippen molar-refractivity contribution in [2.75, 3.05) is 13.5 Å². The van der Waals surface area contributed by atoms with Gasteiger partial charge in [0.2, 0.25) is 6.79 Å². The van der Waals surface area contributed by atoms with Crippen molar-refractivity contribution in [3.63, 3.8) is 0 Å². The fourth-order valence-corrected chi connectivity index (χ4v) is 4.83. The standard InChI is InChI=1S/C22H18ClNO5/c23-17-7-15-13-2-1-3-14(13)22(25)29-20(15)16-9-24(10-26-21(16)17)8-12-4-5-18-19(6-12)28-11-27-18/h4-7H,1-3,8-11H2. The molecule has 0 bridgehead atoms. The molecule has 2 aromatic carbocycles. The number of ether oxygens (including phenoxy) is 3. The Morgan fingerprint density at radius 1 is 1.00 bits per heavy atom. The lowest BCUT2D eigenvalue weighted by atomic mass is 10.0. The summed E-state index contributed by atoms with van der Waals surface area (Å²) >= 11 is 6.54. The van der Waals surface area contributed by atoms with E-state index in [-0.39, 0.29) is 12.4 Å². The van der Waals surface area contributed by atoms with Crippen LogP contribution in [0.1, 0.15) is 28.7 Å². The van der Waals surface area contributed by atoms with Crippen molar-refractivity contribution in [1.82, 2.24) is 4.90 Å². The van der Waals surface area contributed by atoms with Crippen molar-refractivity contribution in [2.24, 2.45) is 0 Å². The lowest BCUT2D eigenvalue weighted by Gasteiger charge is -2.30. The second-order valence-electron chi connectivity index (χ2n) is 7.69.